The molecule has 0 heterocycles. The quantitative estimate of drug-likeness (QED) is 0.521. The third-order valence-electron chi connectivity index (χ3n) is 4.22. The summed E-state index contributed by atoms with van der Waals surface area (Å²) >= 11 is 6.10. The van der Waals surface area contributed by atoms with Crippen LogP contribution < -0.4 is 14.8 Å². The number of amides is 1. The molecule has 0 aromatic heterocycles. The highest BCUT2D eigenvalue weighted by atomic mass is 35.5. The van der Waals surface area contributed by atoms with E-state index in [0.29, 0.717) is 39.1 Å². The minimum Gasteiger partial charge on any atom is -0.496 e. The summed E-state index contributed by atoms with van der Waals surface area (Å²) in [5, 5.41) is 3.30. The maximum absolute atomic E-state index is 12.7. The van der Waals surface area contributed by atoms with Crippen LogP contribution in [-0.2, 0) is 11.2 Å². The Bertz CT molecular complexity index is 1030. The van der Waals surface area contributed by atoms with Crippen LogP contribution >= 0.6 is 11.6 Å². The van der Waals surface area contributed by atoms with Crippen LogP contribution in [0.15, 0.2) is 66.7 Å². The molecule has 1 N–H and O–H groups in total. The Hall–Kier alpha value is -3.31. The first-order valence-electron chi connectivity index (χ1n) is 8.96. The van der Waals surface area contributed by atoms with Crippen molar-refractivity contribution in [3.05, 3.63) is 82.9 Å². The number of rotatable bonds is 7. The van der Waals surface area contributed by atoms with Gasteiger partial charge >= 0.3 is 0 Å². The van der Waals surface area contributed by atoms with Crippen molar-refractivity contribution >= 4 is 29.0 Å². The summed E-state index contributed by atoms with van der Waals surface area (Å²) in [6.45, 7) is 1.48. The van der Waals surface area contributed by atoms with Gasteiger partial charge in [0.2, 0.25) is 5.91 Å². The fraction of sp³-hybridized carbons (Fsp3) is 0.130. The Kier molecular flexibility index (Phi) is 6.52. The largest absolute Gasteiger partial charge is 0.496 e. The fourth-order valence-corrected chi connectivity index (χ4v) is 2.98. The summed E-state index contributed by atoms with van der Waals surface area (Å²) in [5.74, 6) is 1.28. The number of ketones is 1. The van der Waals surface area contributed by atoms with Crippen LogP contribution in [0, 0.1) is 0 Å². The van der Waals surface area contributed by atoms with Crippen LogP contribution in [0.3, 0.4) is 0 Å². The molecule has 0 unspecified atom stereocenters. The van der Waals surface area contributed by atoms with Crippen molar-refractivity contribution in [2.45, 2.75) is 13.3 Å². The molecule has 0 atom stereocenters. The lowest BCUT2D eigenvalue weighted by Crippen LogP contribution is -2.16. The lowest BCUT2D eigenvalue weighted by Gasteiger charge is -2.14. The highest BCUT2D eigenvalue weighted by Gasteiger charge is 2.14. The summed E-state index contributed by atoms with van der Waals surface area (Å²) < 4.78 is 11.2. The minimum atomic E-state index is -0.288. The minimum absolute atomic E-state index is 0.0293. The predicted molar refractivity (Wildman–Crippen MR) is 113 cm³/mol. The number of anilines is 1. The molecular weight excluding hydrogens is 390 g/mol. The zero-order chi connectivity index (χ0) is 20.8. The number of benzene rings is 3. The number of hydrogen-bond donors (Lipinski definition) is 1. The highest BCUT2D eigenvalue weighted by Crippen LogP contribution is 2.32. The first-order chi connectivity index (χ1) is 14.0. The molecule has 0 saturated carbocycles. The molecule has 3 rings (SSSR count). The molecule has 5 nitrogen and oxygen atoms in total. The molecule has 0 radical (unpaired) electrons. The number of nitrogens with one attached hydrogen (secondary N) is 1. The van der Waals surface area contributed by atoms with Gasteiger partial charge in [-0.3, -0.25) is 9.59 Å². The molecule has 0 spiro atoms. The predicted octanol–water partition coefficient (Wildman–Crippen LogP) is 5.52. The maximum Gasteiger partial charge on any atom is 0.229 e. The molecule has 3 aromatic carbocycles. The van der Waals surface area contributed by atoms with E-state index in [1.807, 2.05) is 30.3 Å². The van der Waals surface area contributed by atoms with Gasteiger partial charge in [-0.1, -0.05) is 29.8 Å². The van der Waals surface area contributed by atoms with Crippen LogP contribution in [0.1, 0.15) is 22.8 Å². The molecule has 1 amide bonds. The molecule has 0 saturated heterocycles. The first kappa shape index (κ1) is 20.4. The zero-order valence-corrected chi connectivity index (χ0v) is 16.8. The van der Waals surface area contributed by atoms with E-state index in [4.69, 9.17) is 21.1 Å². The lowest BCUT2D eigenvalue weighted by atomic mass is 10.0. The topological polar surface area (TPSA) is 64.6 Å². The van der Waals surface area contributed by atoms with E-state index in [9.17, 15) is 9.59 Å². The van der Waals surface area contributed by atoms with Crippen LogP contribution in [0.2, 0.25) is 5.02 Å². The molecule has 0 aliphatic rings. The van der Waals surface area contributed by atoms with Crippen LogP contribution in [0.5, 0.6) is 17.2 Å². The molecule has 148 valence electrons. The highest BCUT2D eigenvalue weighted by molar-refractivity contribution is 6.31. The van der Waals surface area contributed by atoms with E-state index < -0.39 is 0 Å². The number of methoxy groups -OCH3 is 1. The third-order valence-corrected chi connectivity index (χ3v) is 4.46. The van der Waals surface area contributed by atoms with Gasteiger partial charge in [0, 0.05) is 16.1 Å². The van der Waals surface area contributed by atoms with E-state index in [1.165, 1.54) is 14.0 Å². The van der Waals surface area contributed by atoms with Gasteiger partial charge in [-0.05, 0) is 55.5 Å². The number of para-hydroxylation sites is 1. The van der Waals surface area contributed by atoms with Crippen molar-refractivity contribution in [3.63, 3.8) is 0 Å². The average Bonchev–Trinajstić information content (AvgIpc) is 2.70. The van der Waals surface area contributed by atoms with Gasteiger partial charge in [0.15, 0.2) is 11.5 Å². The van der Waals surface area contributed by atoms with Gasteiger partial charge < -0.3 is 14.8 Å². The first-order valence-corrected chi connectivity index (χ1v) is 9.34. The van der Waals surface area contributed by atoms with Crippen LogP contribution in [-0.4, -0.2) is 18.8 Å². The smallest absolute Gasteiger partial charge is 0.229 e. The molecule has 0 fully saturated rings. The normalized spacial score (nSPS) is 10.3. The monoisotopic (exact) mass is 409 g/mol. The Morgan fingerprint density at radius 1 is 0.966 bits per heavy atom. The zero-order valence-electron chi connectivity index (χ0n) is 16.1. The van der Waals surface area contributed by atoms with E-state index in [2.05, 4.69) is 5.32 Å². The molecule has 0 aliphatic heterocycles. The Morgan fingerprint density at radius 3 is 2.38 bits per heavy atom. The van der Waals surface area contributed by atoms with Crippen molar-refractivity contribution in [3.8, 4) is 17.2 Å². The molecule has 3 aromatic rings. The molecule has 29 heavy (non-hydrogen) atoms. The number of carbonyl (C=O) groups excluding carboxylic acids is 2. The van der Waals surface area contributed by atoms with Crippen molar-refractivity contribution in [1.82, 2.24) is 0 Å². The summed E-state index contributed by atoms with van der Waals surface area (Å²) in [5.41, 5.74) is 1.59. The van der Waals surface area contributed by atoms with Crippen LogP contribution in [0.4, 0.5) is 5.69 Å². The van der Waals surface area contributed by atoms with Gasteiger partial charge in [0.25, 0.3) is 0 Å². The van der Waals surface area contributed by atoms with Gasteiger partial charge in [-0.2, -0.15) is 0 Å². The number of Topliss-reactive ketones (excluding diaryl/α,β-unsaturated/α-hetero) is 1. The van der Waals surface area contributed by atoms with Crippen molar-refractivity contribution in [2.24, 2.45) is 0 Å². The lowest BCUT2D eigenvalue weighted by molar-refractivity contribution is -0.115. The fourth-order valence-electron chi connectivity index (χ4n) is 2.81. The van der Waals surface area contributed by atoms with E-state index in [-0.39, 0.29) is 18.1 Å². The number of hydrogen-bond acceptors (Lipinski definition) is 4. The summed E-state index contributed by atoms with van der Waals surface area (Å²) in [4.78, 5) is 24.4. The SMILES string of the molecule is COc1ccc(C(C)=O)cc1CC(=O)Nc1cc(Cl)ccc1Oc1ccccc1. The Morgan fingerprint density at radius 2 is 1.69 bits per heavy atom. The average molecular weight is 410 g/mol. The third kappa shape index (κ3) is 5.36. The maximum atomic E-state index is 12.7. The van der Waals surface area contributed by atoms with Gasteiger partial charge in [-0.15, -0.1) is 0 Å². The van der Waals surface area contributed by atoms with Gasteiger partial charge in [0.05, 0.1) is 19.2 Å². The Labute approximate surface area is 174 Å². The standard InChI is InChI=1S/C23H20ClNO4/c1-15(26)16-8-10-21(28-2)17(12-16)13-23(27)25-20-14-18(24)9-11-22(20)29-19-6-4-3-5-7-19/h3-12,14H,13H2,1-2H3,(H,25,27). The number of halogens is 1. The molecular formula is C23H20ClNO4. The molecule has 0 aliphatic carbocycles. The van der Waals surface area contributed by atoms with Crippen molar-refractivity contribution in [2.75, 3.05) is 12.4 Å². The Balaban J connectivity index is 1.81. The van der Waals surface area contributed by atoms with Gasteiger partial charge in [0.1, 0.15) is 11.5 Å². The number of carbonyl (C=O) groups is 2. The van der Waals surface area contributed by atoms with Crippen molar-refractivity contribution < 1.29 is 19.1 Å². The summed E-state index contributed by atoms with van der Waals surface area (Å²) in [6.07, 6.45) is 0.0293. The van der Waals surface area contributed by atoms with E-state index >= 15 is 0 Å². The summed E-state index contributed by atoms with van der Waals surface area (Å²) in [6, 6.07) is 19.3. The van der Waals surface area contributed by atoms with Crippen molar-refractivity contribution in [1.29, 1.82) is 0 Å². The van der Waals surface area contributed by atoms with E-state index in [1.54, 1.807) is 36.4 Å². The second-order valence-electron chi connectivity index (χ2n) is 6.36. The van der Waals surface area contributed by atoms with Crippen LogP contribution in [0.25, 0.3) is 0 Å². The van der Waals surface area contributed by atoms with Gasteiger partial charge in [-0.25, -0.2) is 0 Å². The van der Waals surface area contributed by atoms with E-state index in [0.717, 1.165) is 0 Å². The molecule has 6 heteroatoms. The second kappa shape index (κ2) is 9.26. The molecule has 0 bridgehead atoms. The summed E-state index contributed by atoms with van der Waals surface area (Å²) in [7, 11) is 1.52. The second-order valence-corrected chi connectivity index (χ2v) is 6.80. The number of ether oxygens (including phenoxy) is 2.